The van der Waals surface area contributed by atoms with E-state index in [1.54, 1.807) is 31.4 Å². The van der Waals surface area contributed by atoms with Gasteiger partial charge in [-0.1, -0.05) is 12.1 Å². The summed E-state index contributed by atoms with van der Waals surface area (Å²) in [4.78, 5) is 36.4. The summed E-state index contributed by atoms with van der Waals surface area (Å²) in [6.45, 7) is 3.82. The highest BCUT2D eigenvalue weighted by Crippen LogP contribution is 2.16. The van der Waals surface area contributed by atoms with E-state index in [0.717, 1.165) is 0 Å². The van der Waals surface area contributed by atoms with Crippen molar-refractivity contribution in [2.45, 2.75) is 20.3 Å². The van der Waals surface area contributed by atoms with Gasteiger partial charge in [-0.15, -0.1) is 0 Å². The zero-order valence-electron chi connectivity index (χ0n) is 13.2. The summed E-state index contributed by atoms with van der Waals surface area (Å²) < 4.78 is 4.90. The number of nitrogens with zero attached hydrogens (tertiary/aromatic N) is 1. The third kappa shape index (κ3) is 5.65. The molecule has 1 aromatic rings. The smallest absolute Gasteiger partial charge is 0.240 e. The molecule has 22 heavy (non-hydrogen) atoms. The Morgan fingerprint density at radius 2 is 1.95 bits per heavy atom. The fourth-order valence-corrected chi connectivity index (χ4v) is 1.92. The Balaban J connectivity index is 2.73. The van der Waals surface area contributed by atoms with Crippen LogP contribution < -0.4 is 10.2 Å². The van der Waals surface area contributed by atoms with Crippen molar-refractivity contribution in [1.29, 1.82) is 0 Å². The monoisotopic (exact) mass is 306 g/mol. The summed E-state index contributed by atoms with van der Waals surface area (Å²) in [5.41, 5.74) is 1.04. The highest BCUT2D eigenvalue weighted by atomic mass is 16.5. The van der Waals surface area contributed by atoms with Gasteiger partial charge in [-0.25, -0.2) is 0 Å². The molecule has 0 atom stereocenters. The molecule has 1 N–H and O–H groups in total. The van der Waals surface area contributed by atoms with Crippen LogP contribution in [0.3, 0.4) is 0 Å². The number of carbonyl (C=O) groups is 3. The second kappa shape index (κ2) is 8.94. The van der Waals surface area contributed by atoms with Crippen LogP contribution in [-0.2, 0) is 14.3 Å². The second-order valence-corrected chi connectivity index (χ2v) is 4.91. The molecule has 0 bridgehead atoms. The van der Waals surface area contributed by atoms with Gasteiger partial charge < -0.3 is 15.0 Å². The van der Waals surface area contributed by atoms with E-state index in [9.17, 15) is 14.4 Å². The Bertz CT molecular complexity index is 543. The minimum atomic E-state index is -0.257. The van der Waals surface area contributed by atoms with E-state index in [1.165, 1.54) is 18.7 Å². The molecule has 0 aromatic heterocycles. The first-order valence-corrected chi connectivity index (χ1v) is 7.10. The van der Waals surface area contributed by atoms with Crippen LogP contribution >= 0.6 is 0 Å². The average molecular weight is 306 g/mol. The molecule has 0 unspecified atom stereocenters. The first kappa shape index (κ1) is 17.8. The minimum absolute atomic E-state index is 0.0797. The number of Topliss-reactive ketones (excluding diaryl/α,β-unsaturated/α-hetero) is 1. The summed E-state index contributed by atoms with van der Waals surface area (Å²) in [5.74, 6) is -0.596. The van der Waals surface area contributed by atoms with Gasteiger partial charge in [0.2, 0.25) is 11.8 Å². The van der Waals surface area contributed by atoms with Crippen LogP contribution in [0.15, 0.2) is 24.3 Å². The summed E-state index contributed by atoms with van der Waals surface area (Å²) in [6, 6.07) is 6.68. The third-order valence-corrected chi connectivity index (χ3v) is 3.09. The van der Waals surface area contributed by atoms with E-state index in [2.05, 4.69) is 5.32 Å². The maximum Gasteiger partial charge on any atom is 0.240 e. The molecule has 0 heterocycles. The number of hydrogen-bond acceptors (Lipinski definition) is 4. The summed E-state index contributed by atoms with van der Waals surface area (Å²) in [6.07, 6.45) is 0.710. The molecule has 0 saturated carbocycles. The Hall–Kier alpha value is -2.21. The van der Waals surface area contributed by atoms with Crippen molar-refractivity contribution in [3.63, 3.8) is 0 Å². The van der Waals surface area contributed by atoms with Crippen LogP contribution in [0.25, 0.3) is 0 Å². The van der Waals surface area contributed by atoms with Gasteiger partial charge in [-0.05, 0) is 25.5 Å². The van der Waals surface area contributed by atoms with E-state index in [1.807, 2.05) is 0 Å². The van der Waals surface area contributed by atoms with Crippen molar-refractivity contribution in [3.05, 3.63) is 29.8 Å². The molecule has 0 radical (unpaired) electrons. The summed E-state index contributed by atoms with van der Waals surface area (Å²) >= 11 is 0. The van der Waals surface area contributed by atoms with Crippen LogP contribution in [-0.4, -0.2) is 44.4 Å². The number of ketones is 1. The molecule has 0 aliphatic rings. The molecule has 120 valence electrons. The lowest BCUT2D eigenvalue weighted by atomic mass is 10.1. The van der Waals surface area contributed by atoms with Gasteiger partial charge in [0.25, 0.3) is 0 Å². The van der Waals surface area contributed by atoms with Crippen LogP contribution in [0.4, 0.5) is 5.69 Å². The van der Waals surface area contributed by atoms with Gasteiger partial charge in [0, 0.05) is 38.4 Å². The summed E-state index contributed by atoms with van der Waals surface area (Å²) in [7, 11) is 1.60. The van der Waals surface area contributed by atoms with Crippen LogP contribution in [0.5, 0.6) is 0 Å². The van der Waals surface area contributed by atoms with E-state index in [-0.39, 0.29) is 24.1 Å². The first-order chi connectivity index (χ1) is 10.5. The number of amides is 2. The predicted octanol–water partition coefficient (Wildman–Crippen LogP) is 1.39. The molecular weight excluding hydrogens is 284 g/mol. The molecule has 6 nitrogen and oxygen atoms in total. The molecule has 0 fully saturated rings. The van der Waals surface area contributed by atoms with Crippen molar-refractivity contribution < 1.29 is 19.1 Å². The van der Waals surface area contributed by atoms with Gasteiger partial charge >= 0.3 is 0 Å². The first-order valence-electron chi connectivity index (χ1n) is 7.10. The van der Waals surface area contributed by atoms with Gasteiger partial charge in [-0.2, -0.15) is 0 Å². The van der Waals surface area contributed by atoms with Gasteiger partial charge in [0.15, 0.2) is 5.78 Å². The maximum absolute atomic E-state index is 11.9. The quantitative estimate of drug-likeness (QED) is 0.582. The molecular formula is C16H22N2O4. The van der Waals surface area contributed by atoms with Crippen LogP contribution in [0.2, 0.25) is 0 Å². The van der Waals surface area contributed by atoms with Crippen LogP contribution in [0, 0.1) is 0 Å². The van der Waals surface area contributed by atoms with Crippen molar-refractivity contribution >= 4 is 23.3 Å². The molecule has 1 aromatic carbocycles. The summed E-state index contributed by atoms with van der Waals surface area (Å²) in [5, 5.41) is 2.73. The largest absolute Gasteiger partial charge is 0.385 e. The number of hydrogen-bond donors (Lipinski definition) is 1. The van der Waals surface area contributed by atoms with E-state index >= 15 is 0 Å². The van der Waals surface area contributed by atoms with Crippen molar-refractivity contribution in [2.24, 2.45) is 0 Å². The SMILES string of the molecule is COCCCNC(=O)CN(C(C)=O)c1cccc(C(C)=O)c1. The van der Waals surface area contributed by atoms with Crippen molar-refractivity contribution in [3.8, 4) is 0 Å². The molecule has 0 spiro atoms. The topological polar surface area (TPSA) is 75.7 Å². The Morgan fingerprint density at radius 1 is 1.23 bits per heavy atom. The number of methoxy groups -OCH3 is 1. The molecule has 0 aliphatic heterocycles. The number of anilines is 1. The number of benzene rings is 1. The lowest BCUT2D eigenvalue weighted by Gasteiger charge is -2.21. The minimum Gasteiger partial charge on any atom is -0.385 e. The van der Waals surface area contributed by atoms with E-state index < -0.39 is 0 Å². The average Bonchev–Trinajstić information content (AvgIpc) is 2.49. The number of rotatable bonds is 8. The molecule has 0 aliphatic carbocycles. The Morgan fingerprint density at radius 3 is 2.55 bits per heavy atom. The van der Waals surface area contributed by atoms with Gasteiger partial charge in [-0.3, -0.25) is 14.4 Å². The molecule has 1 rings (SSSR count). The fraction of sp³-hybridized carbons (Fsp3) is 0.438. The van der Waals surface area contributed by atoms with Crippen molar-refractivity contribution in [2.75, 3.05) is 31.7 Å². The highest BCUT2D eigenvalue weighted by Gasteiger charge is 2.16. The van der Waals surface area contributed by atoms with Crippen LogP contribution in [0.1, 0.15) is 30.6 Å². The lowest BCUT2D eigenvalue weighted by molar-refractivity contribution is -0.123. The molecule has 0 saturated heterocycles. The number of nitrogens with one attached hydrogen (secondary N) is 1. The standard InChI is InChI=1S/C16H22N2O4/c1-12(19)14-6-4-7-15(10-14)18(13(2)20)11-16(21)17-8-5-9-22-3/h4,6-7,10H,5,8-9,11H2,1-3H3,(H,17,21). The molecule has 6 heteroatoms. The zero-order chi connectivity index (χ0) is 16.5. The lowest BCUT2D eigenvalue weighted by Crippen LogP contribution is -2.40. The third-order valence-electron chi connectivity index (χ3n) is 3.09. The number of carbonyl (C=O) groups excluding carboxylic acids is 3. The van der Waals surface area contributed by atoms with Gasteiger partial charge in [0.05, 0.1) is 0 Å². The molecule has 2 amide bonds. The normalized spacial score (nSPS) is 10.1. The number of ether oxygens (including phenoxy) is 1. The van der Waals surface area contributed by atoms with Gasteiger partial charge in [0.1, 0.15) is 6.54 Å². The zero-order valence-corrected chi connectivity index (χ0v) is 13.2. The Kier molecular flexibility index (Phi) is 7.25. The fourth-order valence-electron chi connectivity index (χ4n) is 1.92. The Labute approximate surface area is 130 Å². The van der Waals surface area contributed by atoms with E-state index in [0.29, 0.717) is 30.8 Å². The van der Waals surface area contributed by atoms with Crippen molar-refractivity contribution in [1.82, 2.24) is 5.32 Å². The highest BCUT2D eigenvalue weighted by molar-refractivity contribution is 6.00. The van der Waals surface area contributed by atoms with E-state index in [4.69, 9.17) is 4.74 Å². The predicted molar refractivity (Wildman–Crippen MR) is 84.0 cm³/mol. The second-order valence-electron chi connectivity index (χ2n) is 4.91. The maximum atomic E-state index is 11.9.